The molecule has 7 heteroatoms. The molecule has 0 aliphatic carbocycles. The Bertz CT molecular complexity index is 697. The summed E-state index contributed by atoms with van der Waals surface area (Å²) < 4.78 is 5.11. The summed E-state index contributed by atoms with van der Waals surface area (Å²) in [7, 11) is 0. The zero-order valence-electron chi connectivity index (χ0n) is 11.2. The van der Waals surface area contributed by atoms with Gasteiger partial charge in [-0.15, -0.1) is 0 Å². The lowest BCUT2D eigenvalue weighted by Crippen LogP contribution is -2.16. The van der Waals surface area contributed by atoms with Gasteiger partial charge >= 0.3 is 0 Å². The molecule has 1 amide bonds. The summed E-state index contributed by atoms with van der Waals surface area (Å²) in [6, 6.07) is 8.77. The minimum absolute atomic E-state index is 0.0189. The summed E-state index contributed by atoms with van der Waals surface area (Å²) in [6.45, 7) is 0.907. The molecule has 3 rings (SSSR count). The van der Waals surface area contributed by atoms with E-state index >= 15 is 0 Å². The van der Waals surface area contributed by atoms with Crippen molar-refractivity contribution < 1.29 is 9.32 Å². The molecule has 2 aromatic rings. The second-order valence-electron chi connectivity index (χ2n) is 4.72. The highest BCUT2D eigenvalue weighted by Gasteiger charge is 2.24. The fraction of sp³-hybridized carbons (Fsp3) is 0.286. The largest absolute Gasteiger partial charge is 0.337 e. The van der Waals surface area contributed by atoms with E-state index in [1.165, 1.54) is 0 Å². The highest BCUT2D eigenvalue weighted by atomic mass is 16.5. The van der Waals surface area contributed by atoms with Gasteiger partial charge in [-0.05, 0) is 31.5 Å². The number of carbonyl (C=O) groups excluding carboxylic acids is 1. The van der Waals surface area contributed by atoms with Gasteiger partial charge < -0.3 is 15.2 Å². The van der Waals surface area contributed by atoms with Crippen LogP contribution in [0.25, 0.3) is 0 Å². The number of carbonyl (C=O) groups is 1. The maximum Gasteiger partial charge on any atom is 0.297 e. The van der Waals surface area contributed by atoms with Gasteiger partial charge in [-0.1, -0.05) is 17.3 Å². The predicted octanol–water partition coefficient (Wildman–Crippen LogP) is 1.62. The van der Waals surface area contributed by atoms with Crippen molar-refractivity contribution in [1.29, 1.82) is 5.26 Å². The first-order valence-electron chi connectivity index (χ1n) is 6.65. The highest BCUT2D eigenvalue weighted by Crippen LogP contribution is 2.21. The summed E-state index contributed by atoms with van der Waals surface area (Å²) in [5.74, 6) is -0.108. The van der Waals surface area contributed by atoms with Gasteiger partial charge in [-0.3, -0.25) is 4.79 Å². The summed E-state index contributed by atoms with van der Waals surface area (Å²) in [4.78, 5) is 16.2. The molecule has 1 aliphatic rings. The molecule has 2 heterocycles. The van der Waals surface area contributed by atoms with Crippen molar-refractivity contribution in [3.05, 3.63) is 41.5 Å². The van der Waals surface area contributed by atoms with Gasteiger partial charge in [-0.2, -0.15) is 10.2 Å². The first-order valence-corrected chi connectivity index (χ1v) is 6.65. The van der Waals surface area contributed by atoms with Crippen molar-refractivity contribution in [1.82, 2.24) is 15.5 Å². The number of aromatic nitrogens is 2. The molecule has 2 N–H and O–H groups in total. The van der Waals surface area contributed by atoms with E-state index in [-0.39, 0.29) is 11.9 Å². The third-order valence-electron chi connectivity index (χ3n) is 3.30. The van der Waals surface area contributed by atoms with E-state index in [1.54, 1.807) is 24.3 Å². The van der Waals surface area contributed by atoms with Crippen LogP contribution in [0.15, 0.2) is 28.8 Å². The molecule has 0 saturated carbocycles. The molecule has 0 bridgehead atoms. The lowest BCUT2D eigenvalue weighted by molar-refractivity contribution is 0.101. The van der Waals surface area contributed by atoms with Crippen molar-refractivity contribution in [3.8, 4) is 6.07 Å². The average molecular weight is 283 g/mol. The van der Waals surface area contributed by atoms with E-state index in [1.807, 2.05) is 6.07 Å². The molecule has 0 radical (unpaired) electrons. The van der Waals surface area contributed by atoms with Crippen LogP contribution in [-0.4, -0.2) is 22.6 Å². The number of nitriles is 1. The number of hydrogen-bond acceptors (Lipinski definition) is 6. The van der Waals surface area contributed by atoms with Crippen LogP contribution in [0.3, 0.4) is 0 Å². The van der Waals surface area contributed by atoms with Crippen LogP contribution in [0.1, 0.15) is 41.0 Å². The van der Waals surface area contributed by atoms with Crippen LogP contribution in [0.5, 0.6) is 0 Å². The number of benzene rings is 1. The fourth-order valence-electron chi connectivity index (χ4n) is 2.23. The van der Waals surface area contributed by atoms with Gasteiger partial charge in [0.15, 0.2) is 0 Å². The quantitative estimate of drug-likeness (QED) is 0.887. The molecule has 1 unspecified atom stereocenters. The number of hydrogen-bond donors (Lipinski definition) is 2. The lowest BCUT2D eigenvalue weighted by atomic mass is 10.2. The van der Waals surface area contributed by atoms with E-state index in [2.05, 4.69) is 20.8 Å². The second kappa shape index (κ2) is 5.73. The molecule has 1 aromatic heterocycles. The monoisotopic (exact) mass is 283 g/mol. The number of rotatable bonds is 3. The Morgan fingerprint density at radius 2 is 2.33 bits per heavy atom. The van der Waals surface area contributed by atoms with Crippen molar-refractivity contribution in [3.63, 3.8) is 0 Å². The van der Waals surface area contributed by atoms with Gasteiger partial charge in [0.2, 0.25) is 5.89 Å². The predicted molar refractivity (Wildman–Crippen MR) is 73.4 cm³/mol. The van der Waals surface area contributed by atoms with E-state index in [4.69, 9.17) is 9.78 Å². The van der Waals surface area contributed by atoms with E-state index in [9.17, 15) is 4.79 Å². The van der Waals surface area contributed by atoms with Gasteiger partial charge in [0.25, 0.3) is 11.7 Å². The number of amides is 1. The van der Waals surface area contributed by atoms with E-state index < -0.39 is 5.91 Å². The van der Waals surface area contributed by atoms with E-state index in [0.29, 0.717) is 17.1 Å². The molecule has 1 fully saturated rings. The lowest BCUT2D eigenvalue weighted by Gasteiger charge is -2.03. The Morgan fingerprint density at radius 3 is 3.10 bits per heavy atom. The Hall–Kier alpha value is -2.72. The Morgan fingerprint density at radius 1 is 1.48 bits per heavy atom. The van der Waals surface area contributed by atoms with Gasteiger partial charge in [-0.25, -0.2) is 0 Å². The third kappa shape index (κ3) is 2.75. The number of nitrogens with zero attached hydrogens (tertiary/aromatic N) is 3. The van der Waals surface area contributed by atoms with Gasteiger partial charge in [0, 0.05) is 0 Å². The molecule has 1 aromatic carbocycles. The van der Waals surface area contributed by atoms with Gasteiger partial charge in [0.05, 0.1) is 17.3 Å². The van der Waals surface area contributed by atoms with Crippen molar-refractivity contribution in [2.45, 2.75) is 18.9 Å². The Balaban J connectivity index is 1.75. The molecule has 106 valence electrons. The second-order valence-corrected chi connectivity index (χ2v) is 4.72. The van der Waals surface area contributed by atoms with Crippen LogP contribution in [0.4, 0.5) is 5.69 Å². The van der Waals surface area contributed by atoms with Crippen molar-refractivity contribution in [2.24, 2.45) is 0 Å². The van der Waals surface area contributed by atoms with Crippen LogP contribution >= 0.6 is 0 Å². The maximum atomic E-state index is 12.1. The van der Waals surface area contributed by atoms with Crippen LogP contribution < -0.4 is 10.6 Å². The Kier molecular flexibility index (Phi) is 3.62. The Labute approximate surface area is 121 Å². The zero-order valence-corrected chi connectivity index (χ0v) is 11.2. The maximum absolute atomic E-state index is 12.1. The first kappa shape index (κ1) is 13.3. The molecule has 7 nitrogen and oxygen atoms in total. The topological polar surface area (TPSA) is 104 Å². The third-order valence-corrected chi connectivity index (χ3v) is 3.30. The molecular formula is C14H13N5O2. The zero-order chi connectivity index (χ0) is 14.7. The minimum atomic E-state index is -0.495. The minimum Gasteiger partial charge on any atom is -0.337 e. The summed E-state index contributed by atoms with van der Waals surface area (Å²) >= 11 is 0. The van der Waals surface area contributed by atoms with Crippen molar-refractivity contribution >= 4 is 11.6 Å². The van der Waals surface area contributed by atoms with Crippen LogP contribution in [0, 0.1) is 11.3 Å². The SMILES string of the molecule is N#Cc1ccccc1NC(=O)c1noc(C2CCCN2)n1. The summed E-state index contributed by atoms with van der Waals surface area (Å²) in [5, 5.41) is 18.5. The fourth-order valence-corrected chi connectivity index (χ4v) is 2.23. The molecule has 0 spiro atoms. The average Bonchev–Trinajstić information content (AvgIpc) is 3.18. The summed E-state index contributed by atoms with van der Waals surface area (Å²) in [5.41, 5.74) is 0.808. The van der Waals surface area contributed by atoms with Gasteiger partial charge in [0.1, 0.15) is 6.07 Å². The molecular weight excluding hydrogens is 270 g/mol. The molecule has 21 heavy (non-hydrogen) atoms. The van der Waals surface area contributed by atoms with Crippen molar-refractivity contribution in [2.75, 3.05) is 11.9 Å². The molecule has 1 aliphatic heterocycles. The summed E-state index contributed by atoms with van der Waals surface area (Å²) in [6.07, 6.45) is 1.96. The van der Waals surface area contributed by atoms with Crippen LogP contribution in [-0.2, 0) is 0 Å². The number of anilines is 1. The molecule has 1 atom stereocenters. The standard InChI is InChI=1S/C14H13N5O2/c15-8-9-4-1-2-5-10(9)17-13(20)12-18-14(21-19-12)11-6-3-7-16-11/h1-2,4-5,11,16H,3,6-7H2,(H,17,20). The number of nitrogens with one attached hydrogen (secondary N) is 2. The highest BCUT2D eigenvalue weighted by molar-refractivity contribution is 6.02. The normalized spacial score (nSPS) is 17.4. The van der Waals surface area contributed by atoms with Crippen LogP contribution in [0.2, 0.25) is 0 Å². The smallest absolute Gasteiger partial charge is 0.297 e. The van der Waals surface area contributed by atoms with E-state index in [0.717, 1.165) is 19.4 Å². The first-order chi connectivity index (χ1) is 10.3. The molecule has 1 saturated heterocycles. The number of para-hydroxylation sites is 1.